The predicted octanol–water partition coefficient (Wildman–Crippen LogP) is 3.07. The zero-order valence-electron chi connectivity index (χ0n) is 13.9. The fourth-order valence-electron chi connectivity index (χ4n) is 2.54. The van der Waals surface area contributed by atoms with Crippen molar-refractivity contribution < 1.29 is 4.79 Å². The van der Waals surface area contributed by atoms with Gasteiger partial charge in [-0.25, -0.2) is 9.97 Å². The number of thiazole rings is 1. The number of thiophene rings is 1. The Labute approximate surface area is 156 Å². The first-order chi connectivity index (χ1) is 12.5. The fraction of sp³-hybridized carbons (Fsp3) is 0.118. The molecule has 0 aliphatic heterocycles. The van der Waals surface area contributed by atoms with Crippen molar-refractivity contribution >= 4 is 43.9 Å². The summed E-state index contributed by atoms with van der Waals surface area (Å²) in [6.07, 6.45) is 3.16. The van der Waals surface area contributed by atoms with Crippen molar-refractivity contribution in [2.24, 2.45) is 7.05 Å². The molecule has 0 bridgehead atoms. The average molecular weight is 383 g/mol. The first-order valence-corrected chi connectivity index (χ1v) is 9.37. The van der Waals surface area contributed by atoms with E-state index in [0.29, 0.717) is 31.5 Å². The van der Waals surface area contributed by atoms with Crippen molar-refractivity contribution in [2.75, 3.05) is 5.32 Å². The van der Waals surface area contributed by atoms with Crippen molar-refractivity contribution in [3.63, 3.8) is 0 Å². The van der Waals surface area contributed by atoms with E-state index in [4.69, 9.17) is 0 Å². The summed E-state index contributed by atoms with van der Waals surface area (Å²) < 4.78 is 1.41. The molecule has 0 saturated heterocycles. The number of hydrogen-bond donors (Lipinski definition) is 1. The number of anilines is 1. The largest absolute Gasteiger partial charge is 0.302 e. The van der Waals surface area contributed by atoms with E-state index < -0.39 is 0 Å². The molecular formula is C17H13N5O2S2. The lowest BCUT2D eigenvalue weighted by Crippen LogP contribution is -2.17. The van der Waals surface area contributed by atoms with Gasteiger partial charge in [-0.1, -0.05) is 6.07 Å². The van der Waals surface area contributed by atoms with Crippen LogP contribution in [0.3, 0.4) is 0 Å². The number of nitrogens with zero attached hydrogens (tertiary/aromatic N) is 4. The molecule has 4 aromatic rings. The van der Waals surface area contributed by atoms with Crippen molar-refractivity contribution in [2.45, 2.75) is 6.92 Å². The van der Waals surface area contributed by atoms with E-state index in [1.807, 2.05) is 23.6 Å². The van der Waals surface area contributed by atoms with Crippen LogP contribution in [-0.4, -0.2) is 25.4 Å². The molecule has 0 unspecified atom stereocenters. The second-order valence-corrected chi connectivity index (χ2v) is 7.46. The molecular weight excluding hydrogens is 370 g/mol. The number of carbonyl (C=O) groups excluding carboxylic acids is 1. The van der Waals surface area contributed by atoms with Gasteiger partial charge in [0.1, 0.15) is 10.5 Å². The topological polar surface area (TPSA) is 89.8 Å². The monoisotopic (exact) mass is 383 g/mol. The van der Waals surface area contributed by atoms with Crippen LogP contribution in [0.25, 0.3) is 21.6 Å². The van der Waals surface area contributed by atoms with Gasteiger partial charge in [0.2, 0.25) is 0 Å². The lowest BCUT2D eigenvalue weighted by Gasteiger charge is -2.00. The molecule has 9 heteroatoms. The fourth-order valence-corrected chi connectivity index (χ4v) is 4.28. The molecule has 0 aliphatic rings. The van der Waals surface area contributed by atoms with E-state index in [1.165, 1.54) is 33.6 Å². The van der Waals surface area contributed by atoms with Gasteiger partial charge in [0.05, 0.1) is 22.3 Å². The van der Waals surface area contributed by atoms with E-state index in [0.717, 1.165) is 5.69 Å². The van der Waals surface area contributed by atoms with Crippen LogP contribution in [0.15, 0.2) is 40.9 Å². The van der Waals surface area contributed by atoms with Crippen LogP contribution in [-0.2, 0) is 7.05 Å². The van der Waals surface area contributed by atoms with Crippen LogP contribution < -0.4 is 10.9 Å². The third-order valence-electron chi connectivity index (χ3n) is 3.87. The number of amides is 1. The van der Waals surface area contributed by atoms with Crippen molar-refractivity contribution in [1.29, 1.82) is 0 Å². The van der Waals surface area contributed by atoms with Gasteiger partial charge >= 0.3 is 0 Å². The Hall–Kier alpha value is -2.91. The lowest BCUT2D eigenvalue weighted by molar-refractivity contribution is 0.103. The zero-order valence-corrected chi connectivity index (χ0v) is 15.5. The van der Waals surface area contributed by atoms with Crippen LogP contribution in [0.1, 0.15) is 15.2 Å². The SMILES string of the molecule is Cc1c(C(=O)Nc2nc(-c3ccccn3)cs2)sc2ncn(C)c(=O)c12. The number of aromatic nitrogens is 4. The molecule has 26 heavy (non-hydrogen) atoms. The summed E-state index contributed by atoms with van der Waals surface area (Å²) in [6.45, 7) is 1.76. The summed E-state index contributed by atoms with van der Waals surface area (Å²) in [5.41, 5.74) is 1.93. The average Bonchev–Trinajstić information content (AvgIpc) is 3.24. The maximum absolute atomic E-state index is 12.7. The lowest BCUT2D eigenvalue weighted by atomic mass is 10.2. The Morgan fingerprint density at radius 2 is 2.08 bits per heavy atom. The smallest absolute Gasteiger partial charge is 0.267 e. The summed E-state index contributed by atoms with van der Waals surface area (Å²) in [4.78, 5) is 38.9. The van der Waals surface area contributed by atoms with E-state index in [-0.39, 0.29) is 11.5 Å². The molecule has 4 rings (SSSR count). The number of aryl methyl sites for hydroxylation is 2. The molecule has 0 atom stereocenters. The Kier molecular flexibility index (Phi) is 4.09. The van der Waals surface area contributed by atoms with Gasteiger partial charge < -0.3 is 4.57 Å². The van der Waals surface area contributed by atoms with E-state index >= 15 is 0 Å². The number of pyridine rings is 1. The summed E-state index contributed by atoms with van der Waals surface area (Å²) in [5.74, 6) is -0.297. The van der Waals surface area contributed by atoms with Crippen molar-refractivity contribution in [3.05, 3.63) is 56.9 Å². The minimum Gasteiger partial charge on any atom is -0.302 e. The quantitative estimate of drug-likeness (QED) is 0.587. The van der Waals surface area contributed by atoms with Crippen molar-refractivity contribution in [1.82, 2.24) is 19.5 Å². The molecule has 0 spiro atoms. The molecule has 0 radical (unpaired) electrons. The standard InChI is InChI=1S/C17H13N5O2S2/c1-9-12-15(19-8-22(2)16(12)24)26-13(9)14(23)21-17-20-11(7-25-17)10-5-3-4-6-18-10/h3-8H,1-2H3,(H,20,21,23). The summed E-state index contributed by atoms with van der Waals surface area (Å²) in [5, 5.41) is 5.60. The van der Waals surface area contributed by atoms with Crippen LogP contribution in [0, 0.1) is 6.92 Å². The molecule has 0 aliphatic carbocycles. The second kappa shape index (κ2) is 6.43. The van der Waals surface area contributed by atoms with Crippen molar-refractivity contribution in [3.8, 4) is 11.4 Å². The first kappa shape index (κ1) is 16.6. The second-order valence-electron chi connectivity index (χ2n) is 5.60. The summed E-state index contributed by atoms with van der Waals surface area (Å²) >= 11 is 2.53. The van der Waals surface area contributed by atoms with E-state index in [9.17, 15) is 9.59 Å². The predicted molar refractivity (Wildman–Crippen MR) is 103 cm³/mol. The maximum Gasteiger partial charge on any atom is 0.267 e. The highest BCUT2D eigenvalue weighted by atomic mass is 32.1. The molecule has 1 N–H and O–H groups in total. The molecule has 1 amide bonds. The number of rotatable bonds is 3. The number of nitrogens with one attached hydrogen (secondary N) is 1. The Morgan fingerprint density at radius 3 is 2.85 bits per heavy atom. The molecule has 7 nitrogen and oxygen atoms in total. The third-order valence-corrected chi connectivity index (χ3v) is 5.83. The van der Waals surface area contributed by atoms with Gasteiger partial charge in [-0.2, -0.15) is 0 Å². The minimum atomic E-state index is -0.297. The third kappa shape index (κ3) is 2.80. The van der Waals surface area contributed by atoms with Crippen LogP contribution >= 0.6 is 22.7 Å². The highest BCUT2D eigenvalue weighted by molar-refractivity contribution is 7.21. The molecule has 130 valence electrons. The summed E-state index contributed by atoms with van der Waals surface area (Å²) in [7, 11) is 1.64. The van der Waals surface area contributed by atoms with Gasteiger partial charge in [0.25, 0.3) is 11.5 Å². The Bertz CT molecular complexity index is 1180. The van der Waals surface area contributed by atoms with Gasteiger partial charge in [-0.3, -0.25) is 19.9 Å². The molecule has 0 fully saturated rings. The molecule has 0 aromatic carbocycles. The Morgan fingerprint density at radius 1 is 1.23 bits per heavy atom. The Balaban J connectivity index is 1.64. The molecule has 4 aromatic heterocycles. The van der Waals surface area contributed by atoms with Gasteiger partial charge in [0.15, 0.2) is 5.13 Å². The van der Waals surface area contributed by atoms with Gasteiger partial charge in [-0.15, -0.1) is 22.7 Å². The van der Waals surface area contributed by atoms with Crippen LogP contribution in [0.5, 0.6) is 0 Å². The van der Waals surface area contributed by atoms with Crippen LogP contribution in [0.4, 0.5) is 5.13 Å². The highest BCUT2D eigenvalue weighted by Gasteiger charge is 2.20. The molecule has 4 heterocycles. The van der Waals surface area contributed by atoms with E-state index in [1.54, 1.807) is 20.2 Å². The molecule has 0 saturated carbocycles. The number of carbonyl (C=O) groups is 1. The normalized spacial score (nSPS) is 11.0. The highest BCUT2D eigenvalue weighted by Crippen LogP contribution is 2.29. The summed E-state index contributed by atoms with van der Waals surface area (Å²) in [6, 6.07) is 5.58. The minimum absolute atomic E-state index is 0.158. The van der Waals surface area contributed by atoms with Gasteiger partial charge in [-0.05, 0) is 24.6 Å². The van der Waals surface area contributed by atoms with Gasteiger partial charge in [0, 0.05) is 18.6 Å². The number of hydrogen-bond acceptors (Lipinski definition) is 7. The van der Waals surface area contributed by atoms with Crippen LogP contribution in [0.2, 0.25) is 0 Å². The number of fused-ring (bicyclic) bond motifs is 1. The zero-order chi connectivity index (χ0) is 18.3. The van der Waals surface area contributed by atoms with E-state index in [2.05, 4.69) is 20.3 Å². The first-order valence-electron chi connectivity index (χ1n) is 7.67. The maximum atomic E-state index is 12.7.